The van der Waals surface area contributed by atoms with Gasteiger partial charge in [0.2, 0.25) is 0 Å². The summed E-state index contributed by atoms with van der Waals surface area (Å²) in [5.74, 6) is 0.961. The standard InChI is InChI=1S/C17H27N5S/c1-13-11-14-15(18-12-19-16(14)23-13)20-17(2,3)5-6-22-9-7-21(4)8-10-22/h11-12H,5-10H2,1-4H3,(H,18,19,20). The van der Waals surface area contributed by atoms with Crippen molar-refractivity contribution in [3.05, 3.63) is 17.3 Å². The first kappa shape index (κ1) is 16.6. The summed E-state index contributed by atoms with van der Waals surface area (Å²) in [6, 6.07) is 2.18. The van der Waals surface area contributed by atoms with Crippen LogP contribution in [0.25, 0.3) is 10.2 Å². The minimum Gasteiger partial charge on any atom is -0.365 e. The van der Waals surface area contributed by atoms with Crippen molar-refractivity contribution < 1.29 is 0 Å². The zero-order valence-corrected chi connectivity index (χ0v) is 15.4. The summed E-state index contributed by atoms with van der Waals surface area (Å²) in [4.78, 5) is 16.2. The number of likely N-dealkylation sites (N-methyl/N-ethyl adjacent to an activating group) is 1. The van der Waals surface area contributed by atoms with E-state index in [1.54, 1.807) is 17.7 Å². The Labute approximate surface area is 142 Å². The lowest BCUT2D eigenvalue weighted by Gasteiger charge is -2.35. The molecule has 1 fully saturated rings. The van der Waals surface area contributed by atoms with Crippen LogP contribution in [0.15, 0.2) is 12.4 Å². The zero-order chi connectivity index (χ0) is 16.4. The normalized spacial score (nSPS) is 17.7. The maximum Gasteiger partial charge on any atom is 0.138 e. The summed E-state index contributed by atoms with van der Waals surface area (Å²) in [6.45, 7) is 12.5. The Balaban J connectivity index is 1.63. The number of hydrogen-bond acceptors (Lipinski definition) is 6. The average Bonchev–Trinajstić information content (AvgIpc) is 2.88. The van der Waals surface area contributed by atoms with Gasteiger partial charge in [0.15, 0.2) is 0 Å². The topological polar surface area (TPSA) is 44.3 Å². The number of rotatable bonds is 5. The molecule has 1 N–H and O–H groups in total. The van der Waals surface area contributed by atoms with Crippen LogP contribution in [0.2, 0.25) is 0 Å². The largest absolute Gasteiger partial charge is 0.365 e. The van der Waals surface area contributed by atoms with Crippen molar-refractivity contribution in [1.82, 2.24) is 19.8 Å². The van der Waals surface area contributed by atoms with Gasteiger partial charge in [0.05, 0.1) is 5.39 Å². The molecule has 0 unspecified atom stereocenters. The molecule has 1 aliphatic rings. The number of aryl methyl sites for hydroxylation is 1. The van der Waals surface area contributed by atoms with Crippen LogP contribution in [0, 0.1) is 6.92 Å². The molecule has 0 amide bonds. The van der Waals surface area contributed by atoms with E-state index < -0.39 is 0 Å². The number of hydrogen-bond donors (Lipinski definition) is 1. The Morgan fingerprint density at radius 2 is 1.96 bits per heavy atom. The number of aromatic nitrogens is 2. The van der Waals surface area contributed by atoms with Crippen LogP contribution in [-0.4, -0.2) is 65.1 Å². The second-order valence-corrected chi connectivity index (χ2v) is 8.44. The molecular formula is C17H27N5S. The Hall–Kier alpha value is -1.24. The Bertz CT molecular complexity index is 658. The fourth-order valence-electron chi connectivity index (χ4n) is 2.97. The van der Waals surface area contributed by atoms with Gasteiger partial charge >= 0.3 is 0 Å². The van der Waals surface area contributed by atoms with E-state index in [0.717, 1.165) is 29.0 Å². The van der Waals surface area contributed by atoms with E-state index in [9.17, 15) is 0 Å². The highest BCUT2D eigenvalue weighted by molar-refractivity contribution is 7.18. The highest BCUT2D eigenvalue weighted by Gasteiger charge is 2.22. The number of anilines is 1. The van der Waals surface area contributed by atoms with Crippen molar-refractivity contribution in [2.75, 3.05) is 45.1 Å². The third kappa shape index (κ3) is 4.19. The van der Waals surface area contributed by atoms with E-state index in [4.69, 9.17) is 0 Å². The van der Waals surface area contributed by atoms with E-state index in [-0.39, 0.29) is 5.54 Å². The van der Waals surface area contributed by atoms with Gasteiger partial charge in [-0.1, -0.05) is 0 Å². The van der Waals surface area contributed by atoms with Crippen molar-refractivity contribution >= 4 is 27.4 Å². The molecule has 3 rings (SSSR count). The fourth-order valence-corrected chi connectivity index (χ4v) is 3.81. The molecule has 0 spiro atoms. The van der Waals surface area contributed by atoms with E-state index in [1.807, 2.05) is 0 Å². The van der Waals surface area contributed by atoms with Crippen molar-refractivity contribution in [3.8, 4) is 0 Å². The highest BCUT2D eigenvalue weighted by atomic mass is 32.1. The molecule has 2 aromatic heterocycles. The molecule has 0 saturated carbocycles. The van der Waals surface area contributed by atoms with Crippen LogP contribution in [0.4, 0.5) is 5.82 Å². The number of nitrogens with one attached hydrogen (secondary N) is 1. The monoisotopic (exact) mass is 333 g/mol. The highest BCUT2D eigenvalue weighted by Crippen LogP contribution is 2.29. The van der Waals surface area contributed by atoms with Crippen LogP contribution in [0.1, 0.15) is 25.1 Å². The minimum atomic E-state index is 0.0144. The molecule has 2 aromatic rings. The summed E-state index contributed by atoms with van der Waals surface area (Å²) >= 11 is 1.72. The lowest BCUT2D eigenvalue weighted by Crippen LogP contribution is -2.46. The third-order valence-electron chi connectivity index (χ3n) is 4.56. The molecule has 0 radical (unpaired) electrons. The first-order chi connectivity index (χ1) is 10.9. The van der Waals surface area contributed by atoms with Crippen molar-refractivity contribution in [1.29, 1.82) is 0 Å². The number of fused-ring (bicyclic) bond motifs is 1. The van der Waals surface area contributed by atoms with Gasteiger partial charge in [-0.05, 0) is 40.3 Å². The van der Waals surface area contributed by atoms with Gasteiger partial charge in [-0.3, -0.25) is 0 Å². The quantitative estimate of drug-likeness (QED) is 0.911. The minimum absolute atomic E-state index is 0.0144. The van der Waals surface area contributed by atoms with E-state index >= 15 is 0 Å². The zero-order valence-electron chi connectivity index (χ0n) is 14.6. The molecule has 5 nitrogen and oxygen atoms in total. The first-order valence-electron chi connectivity index (χ1n) is 8.33. The number of thiophene rings is 1. The second-order valence-electron chi connectivity index (χ2n) is 7.20. The van der Waals surface area contributed by atoms with Gasteiger partial charge in [-0.15, -0.1) is 11.3 Å². The van der Waals surface area contributed by atoms with Gasteiger partial charge in [-0.25, -0.2) is 9.97 Å². The molecule has 23 heavy (non-hydrogen) atoms. The summed E-state index contributed by atoms with van der Waals surface area (Å²) in [5.41, 5.74) is 0.0144. The molecule has 0 bridgehead atoms. The molecular weight excluding hydrogens is 306 g/mol. The first-order valence-corrected chi connectivity index (χ1v) is 9.15. The average molecular weight is 334 g/mol. The molecule has 6 heteroatoms. The lowest BCUT2D eigenvalue weighted by molar-refractivity contribution is 0.147. The van der Waals surface area contributed by atoms with Gasteiger partial charge in [-0.2, -0.15) is 0 Å². The Kier molecular flexibility index (Phi) is 4.85. The van der Waals surface area contributed by atoms with Gasteiger partial charge < -0.3 is 15.1 Å². The maximum atomic E-state index is 4.47. The number of piperazine rings is 1. The summed E-state index contributed by atoms with van der Waals surface area (Å²) < 4.78 is 0. The van der Waals surface area contributed by atoms with Crippen LogP contribution in [-0.2, 0) is 0 Å². The molecule has 0 atom stereocenters. The smallest absolute Gasteiger partial charge is 0.138 e. The van der Waals surface area contributed by atoms with E-state index in [0.29, 0.717) is 0 Å². The predicted octanol–water partition coefficient (Wildman–Crippen LogP) is 2.83. The van der Waals surface area contributed by atoms with Crippen molar-refractivity contribution in [2.24, 2.45) is 0 Å². The molecule has 3 heterocycles. The van der Waals surface area contributed by atoms with Crippen LogP contribution >= 0.6 is 11.3 Å². The molecule has 1 aliphatic heterocycles. The maximum absolute atomic E-state index is 4.47. The predicted molar refractivity (Wildman–Crippen MR) is 98.4 cm³/mol. The Morgan fingerprint density at radius 3 is 2.70 bits per heavy atom. The van der Waals surface area contributed by atoms with Crippen molar-refractivity contribution in [2.45, 2.75) is 32.7 Å². The summed E-state index contributed by atoms with van der Waals surface area (Å²) in [6.07, 6.45) is 2.77. The molecule has 0 aromatic carbocycles. The Morgan fingerprint density at radius 1 is 1.22 bits per heavy atom. The third-order valence-corrected chi connectivity index (χ3v) is 5.52. The second kappa shape index (κ2) is 6.71. The van der Waals surface area contributed by atoms with Gasteiger partial charge in [0.25, 0.3) is 0 Å². The van der Waals surface area contributed by atoms with Crippen LogP contribution < -0.4 is 5.32 Å². The summed E-state index contributed by atoms with van der Waals surface area (Å²) in [5, 5.41) is 4.78. The summed E-state index contributed by atoms with van der Waals surface area (Å²) in [7, 11) is 2.20. The van der Waals surface area contributed by atoms with Crippen LogP contribution in [0.3, 0.4) is 0 Å². The lowest BCUT2D eigenvalue weighted by atomic mass is 10.00. The van der Waals surface area contributed by atoms with E-state index in [2.05, 4.69) is 59.0 Å². The van der Waals surface area contributed by atoms with Gasteiger partial charge in [0.1, 0.15) is 17.0 Å². The SMILES string of the molecule is Cc1cc2c(NC(C)(C)CCN3CCN(C)CC3)ncnc2s1. The van der Waals surface area contributed by atoms with Crippen LogP contribution in [0.5, 0.6) is 0 Å². The molecule has 1 saturated heterocycles. The number of nitrogens with zero attached hydrogens (tertiary/aromatic N) is 4. The fraction of sp³-hybridized carbons (Fsp3) is 0.647. The molecule has 0 aliphatic carbocycles. The van der Waals surface area contributed by atoms with Gasteiger partial charge in [0, 0.05) is 43.1 Å². The van der Waals surface area contributed by atoms with Crippen molar-refractivity contribution in [3.63, 3.8) is 0 Å². The van der Waals surface area contributed by atoms with E-state index in [1.165, 1.54) is 31.1 Å². The molecule has 126 valence electrons.